The van der Waals surface area contributed by atoms with Crippen LogP contribution in [0.2, 0.25) is 0 Å². The van der Waals surface area contributed by atoms with Gasteiger partial charge < -0.3 is 15.0 Å². The van der Waals surface area contributed by atoms with Gasteiger partial charge in [-0.3, -0.25) is 4.79 Å². The van der Waals surface area contributed by atoms with Crippen LogP contribution in [0.15, 0.2) is 29.7 Å². The maximum atomic E-state index is 12.6. The Balaban J connectivity index is 1.50. The van der Waals surface area contributed by atoms with Gasteiger partial charge in [-0.2, -0.15) is 5.10 Å². The molecule has 1 fully saturated rings. The average molecular weight is 442 g/mol. The van der Waals surface area contributed by atoms with E-state index in [2.05, 4.69) is 27.2 Å². The molecule has 4 heterocycles. The van der Waals surface area contributed by atoms with Crippen LogP contribution in [0.25, 0.3) is 11.0 Å². The predicted molar refractivity (Wildman–Crippen MR) is 121 cm³/mol. The molecule has 1 saturated heterocycles. The first-order valence-corrected chi connectivity index (χ1v) is 11.7. The fourth-order valence-corrected chi connectivity index (χ4v) is 4.19. The third-order valence-electron chi connectivity index (χ3n) is 5.04. The van der Waals surface area contributed by atoms with Crippen LogP contribution in [-0.2, 0) is 6.54 Å². The summed E-state index contributed by atoms with van der Waals surface area (Å²) in [5.41, 5.74) is 1.23. The van der Waals surface area contributed by atoms with Gasteiger partial charge in [0, 0.05) is 25.8 Å². The lowest BCUT2D eigenvalue weighted by molar-refractivity contribution is 0.0947. The van der Waals surface area contributed by atoms with E-state index in [4.69, 9.17) is 14.7 Å². The molecule has 0 aromatic carbocycles. The summed E-state index contributed by atoms with van der Waals surface area (Å²) in [6, 6.07) is 3.43. The van der Waals surface area contributed by atoms with Crippen LogP contribution in [0.3, 0.4) is 0 Å². The number of carbonyl (C=O) groups excluding carboxylic acids is 1. The van der Waals surface area contributed by atoms with Crippen LogP contribution in [0.4, 0.5) is 5.82 Å². The number of rotatable bonds is 9. The number of carbonyl (C=O) groups is 1. The molecule has 9 nitrogen and oxygen atoms in total. The van der Waals surface area contributed by atoms with Crippen LogP contribution in [0.1, 0.15) is 37.0 Å². The van der Waals surface area contributed by atoms with E-state index in [-0.39, 0.29) is 5.91 Å². The van der Waals surface area contributed by atoms with Gasteiger partial charge in [0.25, 0.3) is 5.91 Å². The third-order valence-corrected chi connectivity index (χ3v) is 5.77. The molecule has 0 aliphatic carbocycles. The van der Waals surface area contributed by atoms with Gasteiger partial charge in [-0.25, -0.2) is 19.6 Å². The lowest BCUT2D eigenvalue weighted by Gasteiger charge is -2.17. The first kappa shape index (κ1) is 21.4. The molecule has 10 heteroatoms. The van der Waals surface area contributed by atoms with Crippen molar-refractivity contribution in [2.75, 3.05) is 36.9 Å². The van der Waals surface area contributed by atoms with Gasteiger partial charge in [-0.1, -0.05) is 18.7 Å². The number of hydrogen-bond acceptors (Lipinski definition) is 8. The molecule has 164 valence electrons. The number of nitrogens with one attached hydrogen (secondary N) is 1. The fourth-order valence-electron chi connectivity index (χ4n) is 3.63. The monoisotopic (exact) mass is 441 g/mol. The smallest absolute Gasteiger partial charge is 0.256 e. The molecule has 4 rings (SSSR count). The van der Waals surface area contributed by atoms with Crippen LogP contribution >= 0.6 is 11.8 Å². The fraction of sp³-hybridized carbons (Fsp3) is 0.476. The topological polar surface area (TPSA) is 98.1 Å². The Morgan fingerprint density at radius 2 is 2.10 bits per heavy atom. The lowest BCUT2D eigenvalue weighted by Crippen LogP contribution is -2.28. The molecular weight excluding hydrogens is 414 g/mol. The van der Waals surface area contributed by atoms with Crippen molar-refractivity contribution in [1.29, 1.82) is 0 Å². The Bertz CT molecular complexity index is 1050. The van der Waals surface area contributed by atoms with Crippen molar-refractivity contribution in [2.45, 2.75) is 38.4 Å². The third kappa shape index (κ3) is 4.73. The largest absolute Gasteiger partial charge is 0.477 e. The highest BCUT2D eigenvalue weighted by Crippen LogP contribution is 2.29. The van der Waals surface area contributed by atoms with Crippen molar-refractivity contribution >= 4 is 34.5 Å². The molecule has 0 unspecified atom stereocenters. The normalized spacial score (nSPS) is 13.7. The molecule has 0 radical (unpaired) electrons. The van der Waals surface area contributed by atoms with Gasteiger partial charge >= 0.3 is 0 Å². The molecule has 1 amide bonds. The average Bonchev–Trinajstić information content (AvgIpc) is 3.45. The maximum absolute atomic E-state index is 12.6. The number of hydrogen-bond donors (Lipinski definition) is 1. The zero-order valence-corrected chi connectivity index (χ0v) is 18.7. The number of pyridine rings is 1. The highest BCUT2D eigenvalue weighted by Gasteiger charge is 2.21. The molecule has 0 spiro atoms. The van der Waals surface area contributed by atoms with Crippen LogP contribution in [0, 0.1) is 0 Å². The zero-order chi connectivity index (χ0) is 21.6. The van der Waals surface area contributed by atoms with Crippen molar-refractivity contribution < 1.29 is 9.53 Å². The number of fused-ring (bicyclic) bond motifs is 1. The first-order valence-electron chi connectivity index (χ1n) is 10.7. The van der Waals surface area contributed by atoms with E-state index in [1.54, 1.807) is 30.1 Å². The quantitative estimate of drug-likeness (QED) is 0.400. The summed E-state index contributed by atoms with van der Waals surface area (Å²) in [5, 5.41) is 9.19. The maximum Gasteiger partial charge on any atom is 0.256 e. The molecule has 1 aliphatic heterocycles. The minimum atomic E-state index is -0.220. The molecule has 1 aliphatic rings. The van der Waals surface area contributed by atoms with E-state index in [9.17, 15) is 4.79 Å². The highest BCUT2D eigenvalue weighted by atomic mass is 32.2. The Kier molecular flexibility index (Phi) is 6.86. The summed E-state index contributed by atoms with van der Waals surface area (Å²) in [7, 11) is 0. The van der Waals surface area contributed by atoms with Crippen LogP contribution in [0.5, 0.6) is 5.88 Å². The molecule has 3 aromatic heterocycles. The predicted octanol–water partition coefficient (Wildman–Crippen LogP) is 2.76. The van der Waals surface area contributed by atoms with E-state index in [0.29, 0.717) is 31.1 Å². The Hall–Kier alpha value is -2.88. The first-order chi connectivity index (χ1) is 15.2. The molecule has 3 aromatic rings. The van der Waals surface area contributed by atoms with E-state index >= 15 is 0 Å². The standard InChI is InChI=1S/C21H27N7O2S/c1-3-30-20-15(8-7-9-23-20)19(29)22-10-13-28-18-16(14-24-28)17(27-11-5-6-12-27)25-21(26-18)31-4-2/h7-9,14H,3-6,10-13H2,1-2H3,(H,22,29). The van der Waals surface area contributed by atoms with Crippen molar-refractivity contribution in [3.8, 4) is 5.88 Å². The second-order valence-corrected chi connectivity index (χ2v) is 8.34. The molecule has 1 N–H and O–H groups in total. The van der Waals surface area contributed by atoms with E-state index < -0.39 is 0 Å². The van der Waals surface area contributed by atoms with Crippen LogP contribution < -0.4 is 15.0 Å². The van der Waals surface area contributed by atoms with E-state index in [0.717, 1.165) is 40.9 Å². The molecule has 31 heavy (non-hydrogen) atoms. The Morgan fingerprint density at radius 3 is 2.87 bits per heavy atom. The molecule has 0 atom stereocenters. The van der Waals surface area contributed by atoms with Gasteiger partial charge in [0.05, 0.1) is 24.7 Å². The summed E-state index contributed by atoms with van der Waals surface area (Å²) in [5.74, 6) is 1.99. The van der Waals surface area contributed by atoms with Crippen molar-refractivity contribution in [2.24, 2.45) is 0 Å². The number of anilines is 1. The number of amides is 1. The van der Waals surface area contributed by atoms with Crippen LogP contribution in [-0.4, -0.2) is 62.6 Å². The molecule has 0 bridgehead atoms. The van der Waals surface area contributed by atoms with Gasteiger partial charge in [0.15, 0.2) is 10.8 Å². The number of nitrogens with zero attached hydrogens (tertiary/aromatic N) is 6. The van der Waals surface area contributed by atoms with Gasteiger partial charge in [0.1, 0.15) is 11.4 Å². The van der Waals surface area contributed by atoms with Crippen molar-refractivity contribution in [1.82, 2.24) is 30.0 Å². The Morgan fingerprint density at radius 1 is 1.26 bits per heavy atom. The van der Waals surface area contributed by atoms with Crippen molar-refractivity contribution in [3.05, 3.63) is 30.1 Å². The second-order valence-electron chi connectivity index (χ2n) is 7.11. The van der Waals surface area contributed by atoms with Gasteiger partial charge in [0.2, 0.25) is 5.88 Å². The molecular formula is C21H27N7O2S. The lowest BCUT2D eigenvalue weighted by atomic mass is 10.2. The SMILES string of the molecule is CCOc1ncccc1C(=O)NCCn1ncc2c(N3CCCC3)nc(SCC)nc21. The summed E-state index contributed by atoms with van der Waals surface area (Å²) in [6.07, 6.45) is 5.81. The summed E-state index contributed by atoms with van der Waals surface area (Å²) in [6.45, 7) is 7.35. The minimum Gasteiger partial charge on any atom is -0.477 e. The number of aromatic nitrogens is 5. The van der Waals surface area contributed by atoms with E-state index in [1.807, 2.05) is 17.8 Å². The molecule has 0 saturated carbocycles. The minimum absolute atomic E-state index is 0.220. The summed E-state index contributed by atoms with van der Waals surface area (Å²) < 4.78 is 7.29. The zero-order valence-electron chi connectivity index (χ0n) is 17.9. The summed E-state index contributed by atoms with van der Waals surface area (Å²) in [4.78, 5) is 28.6. The number of thioether (sulfide) groups is 1. The summed E-state index contributed by atoms with van der Waals surface area (Å²) >= 11 is 1.63. The van der Waals surface area contributed by atoms with E-state index in [1.165, 1.54) is 12.8 Å². The van der Waals surface area contributed by atoms with Gasteiger partial charge in [-0.15, -0.1) is 0 Å². The van der Waals surface area contributed by atoms with Gasteiger partial charge in [-0.05, 0) is 37.7 Å². The Labute approximate surface area is 185 Å². The highest BCUT2D eigenvalue weighted by molar-refractivity contribution is 7.99. The number of ether oxygens (including phenoxy) is 1. The second kappa shape index (κ2) is 9.95. The van der Waals surface area contributed by atoms with Crippen molar-refractivity contribution in [3.63, 3.8) is 0 Å².